The first kappa shape index (κ1) is 37.5. The van der Waals surface area contributed by atoms with E-state index in [-0.39, 0.29) is 23.7 Å². The van der Waals surface area contributed by atoms with Crippen LogP contribution in [0.25, 0.3) is 16.7 Å². The van der Waals surface area contributed by atoms with Crippen molar-refractivity contribution in [1.29, 1.82) is 0 Å². The molecular weight excluding hydrogens is 700 g/mol. The predicted octanol–water partition coefficient (Wildman–Crippen LogP) is 3.43. The van der Waals surface area contributed by atoms with Crippen LogP contribution in [0.3, 0.4) is 0 Å². The molecule has 0 N–H and O–H groups in total. The van der Waals surface area contributed by atoms with Gasteiger partial charge in [-0.1, -0.05) is 30.3 Å². The highest BCUT2D eigenvalue weighted by molar-refractivity contribution is 7.09. The highest BCUT2D eigenvalue weighted by atomic mass is 35.7. The number of allylic oxidation sites excluding steroid dienone is 2. The number of benzene rings is 3. The molecule has 0 bridgehead atoms. The molecule has 3 aliphatic rings. The van der Waals surface area contributed by atoms with E-state index < -0.39 is 10.2 Å². The summed E-state index contributed by atoms with van der Waals surface area (Å²) in [7, 11) is -4.94. The molecule has 0 aliphatic carbocycles. The van der Waals surface area contributed by atoms with Crippen molar-refractivity contribution in [2.75, 3.05) is 18.0 Å². The van der Waals surface area contributed by atoms with Crippen LogP contribution in [0.15, 0.2) is 78.2 Å². The highest BCUT2D eigenvalue weighted by Crippen LogP contribution is 2.46. The third kappa shape index (κ3) is 7.19. The maximum Gasteiger partial charge on any atom is 0.339 e. The van der Waals surface area contributed by atoms with Gasteiger partial charge in [0.25, 0.3) is 0 Å². The first-order valence-corrected chi connectivity index (χ1v) is 19.3. The van der Waals surface area contributed by atoms with Crippen molar-refractivity contribution in [1.82, 2.24) is 4.58 Å². The summed E-state index contributed by atoms with van der Waals surface area (Å²) < 4.78 is 49.2. The molecule has 3 aromatic carbocycles. The Kier molecular flexibility index (Phi) is 10.0. The van der Waals surface area contributed by atoms with Gasteiger partial charge in [0.15, 0.2) is 5.54 Å². The first-order chi connectivity index (χ1) is 24.4. The molecule has 272 valence electrons. The lowest BCUT2D eigenvalue weighted by Gasteiger charge is -2.43. The second-order valence-corrected chi connectivity index (χ2v) is 16.0. The van der Waals surface area contributed by atoms with E-state index in [9.17, 15) is 4.79 Å². The second kappa shape index (κ2) is 13.9. The largest absolute Gasteiger partial charge is 0.456 e. The number of thiophene rings is 1. The number of likely N-dealkylation sites (N-methyl/N-ethyl adjacent to an activating group) is 2. The lowest BCUT2D eigenvalue weighted by molar-refractivity contribution is -2.00. The topological polar surface area (TPSA) is 134 Å². The number of fused-ring (bicyclic) bond motifs is 4. The van der Waals surface area contributed by atoms with Crippen LogP contribution < -0.4 is 43.4 Å². The van der Waals surface area contributed by atoms with Gasteiger partial charge in [-0.2, -0.15) is 0 Å². The minimum absolute atomic E-state index is 0.131. The molecule has 0 saturated heterocycles. The van der Waals surface area contributed by atoms with Gasteiger partial charge in [-0.3, -0.25) is 0 Å². The highest BCUT2D eigenvalue weighted by Gasteiger charge is 2.36. The van der Waals surface area contributed by atoms with Gasteiger partial charge >= 0.3 is 5.97 Å². The smallest absolute Gasteiger partial charge is 0.339 e. The number of hydrogen-bond acceptors (Lipinski definition) is 9. The molecule has 7 rings (SSSR count). The van der Waals surface area contributed by atoms with E-state index in [1.165, 1.54) is 22.3 Å². The van der Waals surface area contributed by atoms with Crippen molar-refractivity contribution >= 4 is 39.7 Å². The third-order valence-electron chi connectivity index (χ3n) is 9.89. The number of rotatable bonds is 6. The Morgan fingerprint density at radius 2 is 1.56 bits per heavy atom. The number of anilines is 1. The Hall–Kier alpha value is -4.29. The quantitative estimate of drug-likeness (QED) is 0.191. The summed E-state index contributed by atoms with van der Waals surface area (Å²) in [6.45, 7) is 19.8. The zero-order valence-corrected chi connectivity index (χ0v) is 32.2. The number of esters is 1. The van der Waals surface area contributed by atoms with Gasteiger partial charge in [-0.25, -0.2) is 28.0 Å². The molecule has 0 amide bonds. The average Bonchev–Trinajstić information content (AvgIpc) is 3.58. The zero-order valence-electron chi connectivity index (χ0n) is 30.7. The van der Waals surface area contributed by atoms with Crippen molar-refractivity contribution in [2.24, 2.45) is 0 Å². The Bertz CT molecular complexity index is 2240. The molecule has 3 aliphatic heterocycles. The van der Waals surface area contributed by atoms with Crippen LogP contribution in [0.1, 0.15) is 92.9 Å². The summed E-state index contributed by atoms with van der Waals surface area (Å²) in [6.07, 6.45) is 4.70. The summed E-state index contributed by atoms with van der Waals surface area (Å²) in [4.78, 5) is 17.3. The molecule has 0 fully saturated rings. The maximum atomic E-state index is 13.8. The van der Waals surface area contributed by atoms with Crippen molar-refractivity contribution < 1.29 is 43.1 Å². The predicted molar refractivity (Wildman–Crippen MR) is 194 cm³/mol. The van der Waals surface area contributed by atoms with Crippen LogP contribution >= 0.6 is 11.3 Å². The molecule has 0 unspecified atom stereocenters. The van der Waals surface area contributed by atoms with Gasteiger partial charge in [0.2, 0.25) is 5.36 Å². The number of carbonyl (C=O) groups excluding carboxylic acids is 1. The third-order valence-corrected chi connectivity index (χ3v) is 10.7. The molecule has 0 atom stereocenters. The molecule has 0 spiro atoms. The molecule has 4 aromatic rings. The lowest BCUT2D eigenvalue weighted by Crippen LogP contribution is -2.68. The van der Waals surface area contributed by atoms with E-state index in [4.69, 9.17) is 28.1 Å². The summed E-state index contributed by atoms with van der Waals surface area (Å²) in [5.74, 6) is 1.25. The molecule has 11 heteroatoms. The molecule has 9 nitrogen and oxygen atoms in total. The number of carbonyl (C=O) groups is 1. The van der Waals surface area contributed by atoms with Crippen molar-refractivity contribution in [3.63, 3.8) is 0 Å². The first-order valence-electron chi connectivity index (χ1n) is 17.2. The van der Waals surface area contributed by atoms with Gasteiger partial charge in [-0.05, 0) is 94.0 Å². The standard InChI is InChI=1S/C41H43N2O3S.ClHO4/c1-9-42-34-20-36-32(18-30(34)25(3)22-40(42,5)6)38(28-15-11-12-16-29(28)39(44)45-24-27-14-13-17-47-27)33-19-31-26(4)23-41(7,8)43(10-2)35(31)21-37(33)46-36;2-1(3,4)5/h11-23H,9-10,24H2,1-8H3;(H,2,3,4,5)/q+1;/p-1. The van der Waals surface area contributed by atoms with Crippen LogP contribution in [-0.2, 0) is 11.3 Å². The Labute approximate surface area is 310 Å². The van der Waals surface area contributed by atoms with E-state index in [1.807, 2.05) is 41.8 Å². The fourth-order valence-corrected chi connectivity index (χ4v) is 8.58. The molecule has 1 aromatic heterocycles. The molecule has 0 saturated carbocycles. The van der Waals surface area contributed by atoms with Gasteiger partial charge in [-0.15, -0.1) is 21.6 Å². The Morgan fingerprint density at radius 1 is 0.865 bits per heavy atom. The second-order valence-electron chi connectivity index (χ2n) is 14.2. The van der Waals surface area contributed by atoms with Gasteiger partial charge in [0, 0.05) is 64.5 Å². The fourth-order valence-electron chi connectivity index (χ4n) is 7.97. The van der Waals surface area contributed by atoms with E-state index in [0.29, 0.717) is 5.56 Å². The monoisotopic (exact) mass is 742 g/mol. The Morgan fingerprint density at radius 3 is 2.21 bits per heavy atom. The number of ether oxygens (including phenoxy) is 2. The van der Waals surface area contributed by atoms with Gasteiger partial charge < -0.3 is 14.4 Å². The van der Waals surface area contributed by atoms with Crippen LogP contribution in [0, 0.1) is 10.2 Å². The summed E-state index contributed by atoms with van der Waals surface area (Å²) >= 11 is 1.59. The van der Waals surface area contributed by atoms with E-state index >= 15 is 0 Å². The molecular formula is C41H43ClN2O7S. The van der Waals surface area contributed by atoms with Crippen LogP contribution in [0.4, 0.5) is 5.69 Å². The minimum atomic E-state index is -4.94. The van der Waals surface area contributed by atoms with Crippen LogP contribution in [0.5, 0.6) is 11.5 Å². The zero-order chi connectivity index (χ0) is 37.7. The van der Waals surface area contributed by atoms with Gasteiger partial charge in [0.05, 0.1) is 17.2 Å². The van der Waals surface area contributed by atoms with Crippen molar-refractivity contribution in [3.8, 4) is 11.5 Å². The summed E-state index contributed by atoms with van der Waals surface area (Å²) in [5, 5.41) is 4.14. The van der Waals surface area contributed by atoms with E-state index in [0.717, 1.165) is 62.4 Å². The molecule has 0 radical (unpaired) electrons. The minimum Gasteiger partial charge on any atom is -0.456 e. The maximum absolute atomic E-state index is 13.8. The van der Waals surface area contributed by atoms with Crippen molar-refractivity contribution in [2.45, 2.75) is 73.1 Å². The van der Waals surface area contributed by atoms with Gasteiger partial charge in [0.1, 0.15) is 24.7 Å². The van der Waals surface area contributed by atoms with Crippen molar-refractivity contribution in [3.05, 3.63) is 121 Å². The SMILES string of the molecule is CCN1c2cc3c(cc2C(C)=CC1(C)C)C(c1ccccc1C(=O)OCc1cccs1)=c1cc2c(cc1O3)=[N+](CC)C(C)(C)C=C2C.[O-][Cl+3]([O-])([O-])[O-]. The number of nitrogens with zero attached hydrogens (tertiary/aromatic N) is 2. The van der Waals surface area contributed by atoms with E-state index in [1.54, 1.807) is 11.3 Å². The molecule has 52 heavy (non-hydrogen) atoms. The fraction of sp³-hybridized carbons (Fsp3) is 0.317. The Balaban J connectivity index is 0.000000870. The lowest BCUT2D eigenvalue weighted by atomic mass is 9.83. The van der Waals surface area contributed by atoms with Crippen LogP contribution in [-0.4, -0.2) is 30.1 Å². The molecule has 4 heterocycles. The van der Waals surface area contributed by atoms with Crippen LogP contribution in [0.2, 0.25) is 0 Å². The average molecular weight is 743 g/mol. The normalized spacial score (nSPS) is 16.6. The number of halogens is 1. The number of hydrogen-bond donors (Lipinski definition) is 0. The summed E-state index contributed by atoms with van der Waals surface area (Å²) in [5.41, 5.74) is 9.07. The van der Waals surface area contributed by atoms with E-state index in [2.05, 4.69) is 101 Å². The summed E-state index contributed by atoms with van der Waals surface area (Å²) in [6, 6.07) is 20.8.